The molecule has 0 aromatic heterocycles. The smallest absolute Gasteiger partial charge is 0.254 e. The molecular weight excluding hydrogens is 306 g/mol. The van der Waals surface area contributed by atoms with E-state index in [1.807, 2.05) is 29.8 Å². The highest BCUT2D eigenvalue weighted by molar-refractivity contribution is 14.1. The lowest BCUT2D eigenvalue weighted by molar-refractivity contribution is -0.137. The number of alkyl halides is 3. The molecule has 5 heteroatoms. The number of rotatable bonds is 2. The van der Waals surface area contributed by atoms with E-state index in [9.17, 15) is 13.2 Å². The molecule has 0 saturated carbocycles. The molecule has 0 unspecified atom stereocenters. The maximum absolute atomic E-state index is 12.2. The first-order valence-corrected chi connectivity index (χ1v) is 5.06. The summed E-state index contributed by atoms with van der Waals surface area (Å²) in [7, 11) is 0. The van der Waals surface area contributed by atoms with E-state index in [2.05, 4.69) is 3.53 Å². The van der Waals surface area contributed by atoms with Gasteiger partial charge in [0.2, 0.25) is 0 Å². The third kappa shape index (κ3) is 2.84. The van der Waals surface area contributed by atoms with Crippen molar-refractivity contribution >= 4 is 22.9 Å². The molecule has 1 nitrogen and oxygen atoms in total. The van der Waals surface area contributed by atoms with E-state index >= 15 is 0 Å². The van der Waals surface area contributed by atoms with Crippen molar-refractivity contribution in [3.05, 3.63) is 35.4 Å². The maximum atomic E-state index is 12.2. The minimum atomic E-state index is -4.25. The molecule has 1 rings (SSSR count). The van der Waals surface area contributed by atoms with Gasteiger partial charge in [-0.2, -0.15) is 13.2 Å². The quantitative estimate of drug-likeness (QED) is 0.648. The van der Waals surface area contributed by atoms with E-state index in [-0.39, 0.29) is 6.04 Å². The Kier molecular flexibility index (Phi) is 3.77. The van der Waals surface area contributed by atoms with Gasteiger partial charge in [0, 0.05) is 28.9 Å². The van der Waals surface area contributed by atoms with Crippen LogP contribution in [-0.4, -0.2) is 0 Å². The Morgan fingerprint density at radius 3 is 2.07 bits per heavy atom. The first-order valence-electron chi connectivity index (χ1n) is 3.98. The Hall–Kier alpha value is -0.300. The lowest BCUT2D eigenvalue weighted by Crippen LogP contribution is -2.08. The van der Waals surface area contributed by atoms with Crippen LogP contribution >= 0.6 is 22.9 Å². The van der Waals surface area contributed by atoms with Gasteiger partial charge in [-0.15, -0.1) is 0 Å². The molecule has 14 heavy (non-hydrogen) atoms. The van der Waals surface area contributed by atoms with Gasteiger partial charge in [-0.05, 0) is 24.6 Å². The highest BCUT2D eigenvalue weighted by atomic mass is 127. The molecule has 0 amide bonds. The van der Waals surface area contributed by atoms with Crippen molar-refractivity contribution in [3.63, 3.8) is 0 Å². The van der Waals surface area contributed by atoms with E-state index in [4.69, 9.17) is 0 Å². The molecule has 0 radical (unpaired) electrons. The third-order valence-corrected chi connectivity index (χ3v) is 2.84. The summed E-state index contributed by atoms with van der Waals surface area (Å²) in [5, 5.41) is 0. The molecular formula is C9H9F3IN. The average Bonchev–Trinajstić information content (AvgIpc) is 2.15. The molecule has 1 aromatic rings. The fourth-order valence-electron chi connectivity index (χ4n) is 1.02. The minimum Gasteiger partial charge on any atom is -0.254 e. The molecule has 0 aliphatic carbocycles. The van der Waals surface area contributed by atoms with Gasteiger partial charge in [0.1, 0.15) is 0 Å². The van der Waals surface area contributed by atoms with Crippen LogP contribution in [0.5, 0.6) is 0 Å². The van der Waals surface area contributed by atoms with E-state index in [0.717, 1.165) is 17.7 Å². The van der Waals surface area contributed by atoms with Crippen LogP contribution in [0, 0.1) is 0 Å². The normalized spacial score (nSPS) is 14.1. The van der Waals surface area contributed by atoms with Crippen molar-refractivity contribution in [1.29, 1.82) is 0 Å². The van der Waals surface area contributed by atoms with Crippen molar-refractivity contribution in [1.82, 2.24) is 3.53 Å². The number of hydrogen-bond acceptors (Lipinski definition) is 1. The predicted octanol–water partition coefficient (Wildman–Crippen LogP) is 3.71. The van der Waals surface area contributed by atoms with Crippen LogP contribution < -0.4 is 3.53 Å². The van der Waals surface area contributed by atoms with Crippen LogP contribution in [0.15, 0.2) is 24.3 Å². The molecule has 0 bridgehead atoms. The fraction of sp³-hybridized carbons (Fsp3) is 0.333. The molecule has 0 aliphatic rings. The Morgan fingerprint density at radius 2 is 1.71 bits per heavy atom. The zero-order valence-electron chi connectivity index (χ0n) is 7.40. The summed E-state index contributed by atoms with van der Waals surface area (Å²) >= 11 is 1.97. The Bertz CT molecular complexity index is 294. The monoisotopic (exact) mass is 315 g/mol. The third-order valence-electron chi connectivity index (χ3n) is 1.90. The number of halogens is 4. The standard InChI is InChI=1S/C9H9F3IN/c1-6(14-13)7-2-4-8(5-3-7)9(10,11)12/h2-6,14H,1H3/t6-/m1/s1. The highest BCUT2D eigenvalue weighted by Gasteiger charge is 2.29. The molecule has 1 atom stereocenters. The average molecular weight is 315 g/mol. The van der Waals surface area contributed by atoms with Crippen LogP contribution in [0.25, 0.3) is 0 Å². The van der Waals surface area contributed by atoms with Crippen molar-refractivity contribution in [2.24, 2.45) is 0 Å². The summed E-state index contributed by atoms with van der Waals surface area (Å²) in [5.74, 6) is 0. The van der Waals surface area contributed by atoms with Crippen LogP contribution in [0.4, 0.5) is 13.2 Å². The molecule has 0 heterocycles. The van der Waals surface area contributed by atoms with Gasteiger partial charge in [-0.3, -0.25) is 3.53 Å². The van der Waals surface area contributed by atoms with Gasteiger partial charge in [-0.25, -0.2) is 0 Å². The topological polar surface area (TPSA) is 12.0 Å². The summed E-state index contributed by atoms with van der Waals surface area (Å²) in [5.41, 5.74) is 0.231. The van der Waals surface area contributed by atoms with Gasteiger partial charge in [0.05, 0.1) is 5.56 Å². The fourth-order valence-corrected chi connectivity index (χ4v) is 1.38. The van der Waals surface area contributed by atoms with Crippen molar-refractivity contribution in [3.8, 4) is 0 Å². The maximum Gasteiger partial charge on any atom is 0.416 e. The summed E-state index contributed by atoms with van der Waals surface area (Å²) in [4.78, 5) is 0. The van der Waals surface area contributed by atoms with E-state index in [1.54, 1.807) is 0 Å². The van der Waals surface area contributed by atoms with Gasteiger partial charge in [-0.1, -0.05) is 12.1 Å². The van der Waals surface area contributed by atoms with E-state index < -0.39 is 11.7 Å². The molecule has 1 N–H and O–H groups in total. The number of hydrogen-bond donors (Lipinski definition) is 1. The summed E-state index contributed by atoms with van der Waals surface area (Å²) < 4.78 is 39.5. The largest absolute Gasteiger partial charge is 0.416 e. The van der Waals surface area contributed by atoms with E-state index in [0.29, 0.717) is 0 Å². The second-order valence-corrected chi connectivity index (χ2v) is 3.57. The summed E-state index contributed by atoms with van der Waals surface area (Å²) in [6, 6.07) is 5.22. The molecule has 0 spiro atoms. The highest BCUT2D eigenvalue weighted by Crippen LogP contribution is 2.29. The van der Waals surface area contributed by atoms with Crippen LogP contribution in [0.2, 0.25) is 0 Å². The first kappa shape index (κ1) is 11.8. The molecule has 0 fully saturated rings. The lowest BCUT2D eigenvalue weighted by atomic mass is 10.1. The zero-order valence-corrected chi connectivity index (χ0v) is 9.56. The van der Waals surface area contributed by atoms with Gasteiger partial charge < -0.3 is 0 Å². The van der Waals surface area contributed by atoms with Crippen molar-refractivity contribution < 1.29 is 13.2 Å². The van der Waals surface area contributed by atoms with Crippen LogP contribution in [0.1, 0.15) is 24.1 Å². The summed E-state index contributed by atoms with van der Waals surface area (Å²) in [6.45, 7) is 1.88. The Balaban J connectivity index is 2.89. The Morgan fingerprint density at radius 1 is 1.21 bits per heavy atom. The predicted molar refractivity (Wildman–Crippen MR) is 57.0 cm³/mol. The molecule has 0 saturated heterocycles. The van der Waals surface area contributed by atoms with Crippen LogP contribution in [-0.2, 0) is 6.18 Å². The van der Waals surface area contributed by atoms with Gasteiger partial charge in [0.15, 0.2) is 0 Å². The molecule has 0 aliphatic heterocycles. The molecule has 78 valence electrons. The lowest BCUT2D eigenvalue weighted by Gasteiger charge is -2.11. The van der Waals surface area contributed by atoms with Gasteiger partial charge in [0.25, 0.3) is 0 Å². The molecule has 1 aromatic carbocycles. The second kappa shape index (κ2) is 4.48. The zero-order chi connectivity index (χ0) is 10.8. The van der Waals surface area contributed by atoms with Crippen molar-refractivity contribution in [2.45, 2.75) is 19.1 Å². The number of nitrogens with one attached hydrogen (secondary N) is 1. The van der Waals surface area contributed by atoms with Crippen LogP contribution in [0.3, 0.4) is 0 Å². The number of benzene rings is 1. The van der Waals surface area contributed by atoms with Gasteiger partial charge >= 0.3 is 6.18 Å². The minimum absolute atomic E-state index is 0.0536. The Labute approximate surface area is 94.2 Å². The van der Waals surface area contributed by atoms with E-state index in [1.165, 1.54) is 12.1 Å². The second-order valence-electron chi connectivity index (χ2n) is 2.95. The van der Waals surface area contributed by atoms with Crippen molar-refractivity contribution in [2.75, 3.05) is 0 Å². The SMILES string of the molecule is C[C@@H](NI)c1ccc(C(F)(F)F)cc1. The summed E-state index contributed by atoms with van der Waals surface area (Å²) in [6.07, 6.45) is -4.25. The first-order chi connectivity index (χ1) is 6.45.